The minimum Gasteiger partial charge on any atom is -0.451 e. The van der Waals surface area contributed by atoms with Gasteiger partial charge in [-0.1, -0.05) is 43.0 Å². The molecule has 1 aromatic heterocycles. The summed E-state index contributed by atoms with van der Waals surface area (Å²) in [6.07, 6.45) is 5.88. The lowest BCUT2D eigenvalue weighted by atomic mass is 9.94. The third-order valence-corrected chi connectivity index (χ3v) is 4.90. The Balaban J connectivity index is 1.81. The molecule has 2 aromatic rings. The zero-order chi connectivity index (χ0) is 16.2. The molecule has 1 aliphatic carbocycles. The Morgan fingerprint density at radius 3 is 2.61 bits per heavy atom. The minimum atomic E-state index is -0.0160. The number of hydrogen-bond acceptors (Lipinski definition) is 2. The lowest BCUT2D eigenvalue weighted by Gasteiger charge is -2.33. The van der Waals surface area contributed by atoms with Gasteiger partial charge in [0.2, 0.25) is 0 Å². The number of furan rings is 1. The van der Waals surface area contributed by atoms with Crippen LogP contribution in [-0.2, 0) is 0 Å². The van der Waals surface area contributed by atoms with Gasteiger partial charge in [0.25, 0.3) is 5.91 Å². The third kappa shape index (κ3) is 3.45. The van der Waals surface area contributed by atoms with E-state index in [0.717, 1.165) is 18.4 Å². The van der Waals surface area contributed by atoms with Crippen LogP contribution in [0, 0.1) is 0 Å². The van der Waals surface area contributed by atoms with E-state index in [2.05, 4.69) is 0 Å². The van der Waals surface area contributed by atoms with E-state index in [4.69, 9.17) is 16.0 Å². The van der Waals surface area contributed by atoms with Gasteiger partial charge in [-0.25, -0.2) is 0 Å². The fourth-order valence-corrected chi connectivity index (χ4v) is 3.59. The second kappa shape index (κ2) is 7.22. The summed E-state index contributed by atoms with van der Waals surface area (Å²) in [7, 11) is 0. The molecule has 1 amide bonds. The van der Waals surface area contributed by atoms with Crippen molar-refractivity contribution in [1.29, 1.82) is 0 Å². The van der Waals surface area contributed by atoms with Gasteiger partial charge >= 0.3 is 0 Å². The van der Waals surface area contributed by atoms with Crippen LogP contribution in [0.5, 0.6) is 0 Å². The predicted octanol–water partition coefficient (Wildman–Crippen LogP) is 5.39. The predicted molar refractivity (Wildman–Crippen MR) is 92.7 cm³/mol. The van der Waals surface area contributed by atoms with Gasteiger partial charge in [-0.3, -0.25) is 4.79 Å². The molecule has 1 saturated carbocycles. The number of benzene rings is 1. The monoisotopic (exact) mass is 331 g/mol. The first kappa shape index (κ1) is 16.1. The van der Waals surface area contributed by atoms with E-state index >= 15 is 0 Å². The van der Waals surface area contributed by atoms with Gasteiger partial charge < -0.3 is 9.32 Å². The van der Waals surface area contributed by atoms with Gasteiger partial charge in [-0.15, -0.1) is 0 Å². The highest BCUT2D eigenvalue weighted by Crippen LogP contribution is 2.30. The van der Waals surface area contributed by atoms with Crippen molar-refractivity contribution in [3.05, 3.63) is 47.2 Å². The van der Waals surface area contributed by atoms with Gasteiger partial charge in [0.15, 0.2) is 5.76 Å². The lowest BCUT2D eigenvalue weighted by Crippen LogP contribution is -2.41. The average Bonchev–Trinajstić information content (AvgIpc) is 3.06. The normalized spacial score (nSPS) is 15.6. The minimum absolute atomic E-state index is 0.0160. The first-order valence-electron chi connectivity index (χ1n) is 8.36. The topological polar surface area (TPSA) is 33.5 Å². The molecule has 1 aliphatic rings. The molecule has 0 radical (unpaired) electrons. The number of carbonyl (C=O) groups excluding carboxylic acids is 1. The molecule has 0 spiro atoms. The second-order valence-corrected chi connectivity index (χ2v) is 6.43. The van der Waals surface area contributed by atoms with Crippen molar-refractivity contribution in [2.45, 2.75) is 45.1 Å². The second-order valence-electron chi connectivity index (χ2n) is 6.03. The van der Waals surface area contributed by atoms with E-state index in [-0.39, 0.29) is 5.91 Å². The van der Waals surface area contributed by atoms with E-state index < -0.39 is 0 Å². The molecule has 3 rings (SSSR count). The smallest absolute Gasteiger partial charge is 0.289 e. The highest BCUT2D eigenvalue weighted by atomic mass is 35.5. The maximum Gasteiger partial charge on any atom is 0.289 e. The zero-order valence-electron chi connectivity index (χ0n) is 13.4. The molecular formula is C19H22ClNO2. The number of amides is 1. The van der Waals surface area contributed by atoms with E-state index in [1.165, 1.54) is 19.3 Å². The standard InChI is InChI=1S/C19H22ClNO2/c1-2-21(14-8-4-3-5-9-14)19(22)18-13-12-17(23-18)15-10-6-7-11-16(15)20/h6-7,10-14H,2-5,8-9H2,1H3. The first-order valence-corrected chi connectivity index (χ1v) is 8.74. The third-order valence-electron chi connectivity index (χ3n) is 4.57. The molecule has 1 fully saturated rings. The number of carbonyl (C=O) groups is 1. The lowest BCUT2D eigenvalue weighted by molar-refractivity contribution is 0.0616. The highest BCUT2D eigenvalue weighted by molar-refractivity contribution is 6.33. The largest absolute Gasteiger partial charge is 0.451 e. The summed E-state index contributed by atoms with van der Waals surface area (Å²) in [6.45, 7) is 2.75. The van der Waals surface area contributed by atoms with Crippen LogP contribution in [0.25, 0.3) is 11.3 Å². The summed E-state index contributed by atoms with van der Waals surface area (Å²) in [5, 5.41) is 0.625. The van der Waals surface area contributed by atoms with Crippen molar-refractivity contribution < 1.29 is 9.21 Å². The van der Waals surface area contributed by atoms with Gasteiger partial charge in [0.1, 0.15) is 5.76 Å². The average molecular weight is 332 g/mol. The van der Waals surface area contributed by atoms with Crippen LogP contribution in [-0.4, -0.2) is 23.4 Å². The van der Waals surface area contributed by atoms with Crippen LogP contribution >= 0.6 is 11.6 Å². The maximum atomic E-state index is 12.8. The Morgan fingerprint density at radius 2 is 1.91 bits per heavy atom. The molecule has 23 heavy (non-hydrogen) atoms. The highest BCUT2D eigenvalue weighted by Gasteiger charge is 2.27. The number of hydrogen-bond donors (Lipinski definition) is 0. The van der Waals surface area contributed by atoms with Crippen molar-refractivity contribution in [2.75, 3.05) is 6.54 Å². The Bertz CT molecular complexity index is 674. The summed E-state index contributed by atoms with van der Waals surface area (Å²) in [5.41, 5.74) is 0.814. The molecule has 0 aliphatic heterocycles. The van der Waals surface area contributed by atoms with Crippen LogP contribution in [0.15, 0.2) is 40.8 Å². The molecule has 0 atom stereocenters. The molecule has 122 valence electrons. The Morgan fingerprint density at radius 1 is 1.17 bits per heavy atom. The van der Waals surface area contributed by atoms with Crippen molar-refractivity contribution in [3.8, 4) is 11.3 Å². The molecule has 0 N–H and O–H groups in total. The van der Waals surface area contributed by atoms with Crippen LogP contribution < -0.4 is 0 Å². The fourth-order valence-electron chi connectivity index (χ4n) is 3.36. The molecule has 0 bridgehead atoms. The van der Waals surface area contributed by atoms with Crippen molar-refractivity contribution in [2.24, 2.45) is 0 Å². The van der Waals surface area contributed by atoms with Crippen LogP contribution in [0.4, 0.5) is 0 Å². The van der Waals surface area contributed by atoms with Gasteiger partial charge in [0, 0.05) is 18.2 Å². The van der Waals surface area contributed by atoms with Crippen LogP contribution in [0.1, 0.15) is 49.6 Å². The van der Waals surface area contributed by atoms with Crippen molar-refractivity contribution in [1.82, 2.24) is 4.90 Å². The van der Waals surface area contributed by atoms with Gasteiger partial charge in [-0.2, -0.15) is 0 Å². The summed E-state index contributed by atoms with van der Waals surface area (Å²) in [6, 6.07) is 11.4. The first-order chi connectivity index (χ1) is 11.2. The maximum absolute atomic E-state index is 12.8. The quantitative estimate of drug-likeness (QED) is 0.752. The Kier molecular flexibility index (Phi) is 5.06. The summed E-state index contributed by atoms with van der Waals surface area (Å²) >= 11 is 6.20. The van der Waals surface area contributed by atoms with E-state index in [9.17, 15) is 4.79 Å². The summed E-state index contributed by atoms with van der Waals surface area (Å²) < 4.78 is 5.81. The number of halogens is 1. The van der Waals surface area contributed by atoms with E-state index in [1.807, 2.05) is 42.2 Å². The summed E-state index contributed by atoms with van der Waals surface area (Å²) in [5.74, 6) is 1.02. The molecular weight excluding hydrogens is 310 g/mol. The SMILES string of the molecule is CCN(C(=O)c1ccc(-c2ccccc2Cl)o1)C1CCCCC1. The Hall–Kier alpha value is -1.74. The van der Waals surface area contributed by atoms with Gasteiger partial charge in [-0.05, 0) is 44.0 Å². The number of nitrogens with zero attached hydrogens (tertiary/aromatic N) is 1. The molecule has 1 aromatic carbocycles. The molecule has 1 heterocycles. The summed E-state index contributed by atoms with van der Waals surface area (Å²) in [4.78, 5) is 14.8. The van der Waals surface area contributed by atoms with Crippen LogP contribution in [0.3, 0.4) is 0 Å². The Labute approximate surface area is 142 Å². The fraction of sp³-hybridized carbons (Fsp3) is 0.421. The van der Waals surface area contributed by atoms with Gasteiger partial charge in [0.05, 0.1) is 5.02 Å². The van der Waals surface area contributed by atoms with E-state index in [1.54, 1.807) is 6.07 Å². The van der Waals surface area contributed by atoms with Crippen molar-refractivity contribution >= 4 is 17.5 Å². The van der Waals surface area contributed by atoms with Crippen molar-refractivity contribution in [3.63, 3.8) is 0 Å². The molecule has 0 saturated heterocycles. The van der Waals surface area contributed by atoms with E-state index in [0.29, 0.717) is 29.1 Å². The molecule has 0 unspecified atom stereocenters. The molecule has 4 heteroatoms. The molecule has 3 nitrogen and oxygen atoms in total. The van der Waals surface area contributed by atoms with Crippen LogP contribution in [0.2, 0.25) is 5.02 Å². The number of rotatable bonds is 4. The zero-order valence-corrected chi connectivity index (χ0v) is 14.2.